The van der Waals surface area contributed by atoms with Gasteiger partial charge in [-0.3, -0.25) is 0 Å². The van der Waals surface area contributed by atoms with Crippen LogP contribution in [-0.2, 0) is 0 Å². The number of fused-ring (bicyclic) bond motifs is 1. The number of methoxy groups -OCH3 is 2. The van der Waals surface area contributed by atoms with Crippen molar-refractivity contribution in [3.05, 3.63) is 28.9 Å². The van der Waals surface area contributed by atoms with Crippen LogP contribution in [0.4, 0.5) is 0 Å². The van der Waals surface area contributed by atoms with Crippen LogP contribution < -0.4 is 9.47 Å². The van der Waals surface area contributed by atoms with Gasteiger partial charge in [-0.2, -0.15) is 0 Å². The SMILES string of the molecule is COc1ccc2c(OC)nc(C)c(Cl)c2c1. The Labute approximate surface area is 99.0 Å². The number of hydrogen-bond acceptors (Lipinski definition) is 3. The lowest BCUT2D eigenvalue weighted by Gasteiger charge is -2.09. The summed E-state index contributed by atoms with van der Waals surface area (Å²) in [5.41, 5.74) is 0.749. The van der Waals surface area contributed by atoms with Crippen LogP contribution in [0.5, 0.6) is 11.6 Å². The molecule has 2 aromatic rings. The summed E-state index contributed by atoms with van der Waals surface area (Å²) < 4.78 is 10.4. The second kappa shape index (κ2) is 4.18. The van der Waals surface area contributed by atoms with Gasteiger partial charge in [0.15, 0.2) is 0 Å². The van der Waals surface area contributed by atoms with Crippen molar-refractivity contribution in [2.75, 3.05) is 14.2 Å². The minimum absolute atomic E-state index is 0.583. The van der Waals surface area contributed by atoms with E-state index in [-0.39, 0.29) is 0 Å². The fourth-order valence-corrected chi connectivity index (χ4v) is 1.83. The van der Waals surface area contributed by atoms with E-state index in [0.29, 0.717) is 10.9 Å². The van der Waals surface area contributed by atoms with Crippen molar-refractivity contribution >= 4 is 22.4 Å². The van der Waals surface area contributed by atoms with E-state index in [4.69, 9.17) is 21.1 Å². The number of nitrogens with zero attached hydrogens (tertiary/aromatic N) is 1. The van der Waals surface area contributed by atoms with Gasteiger partial charge in [0, 0.05) is 10.8 Å². The van der Waals surface area contributed by atoms with Crippen LogP contribution in [0.1, 0.15) is 5.69 Å². The highest BCUT2D eigenvalue weighted by Gasteiger charge is 2.10. The van der Waals surface area contributed by atoms with Gasteiger partial charge in [-0.1, -0.05) is 11.6 Å². The first kappa shape index (κ1) is 11.0. The van der Waals surface area contributed by atoms with Gasteiger partial charge in [-0.15, -0.1) is 0 Å². The molecule has 0 atom stereocenters. The summed E-state index contributed by atoms with van der Waals surface area (Å²) in [6.07, 6.45) is 0. The van der Waals surface area contributed by atoms with Crippen LogP contribution in [-0.4, -0.2) is 19.2 Å². The van der Waals surface area contributed by atoms with E-state index in [2.05, 4.69) is 4.98 Å². The third-order valence-corrected chi connectivity index (χ3v) is 2.95. The summed E-state index contributed by atoms with van der Waals surface area (Å²) in [6, 6.07) is 5.64. The van der Waals surface area contributed by atoms with E-state index in [1.807, 2.05) is 25.1 Å². The first-order valence-corrected chi connectivity index (χ1v) is 5.23. The molecule has 0 N–H and O–H groups in total. The van der Waals surface area contributed by atoms with Crippen molar-refractivity contribution in [2.45, 2.75) is 6.92 Å². The molecule has 1 aromatic carbocycles. The Morgan fingerprint density at radius 3 is 2.50 bits per heavy atom. The van der Waals surface area contributed by atoms with Gasteiger partial charge < -0.3 is 9.47 Å². The molecule has 1 aromatic heterocycles. The van der Waals surface area contributed by atoms with Crippen molar-refractivity contribution in [1.82, 2.24) is 4.98 Å². The van der Waals surface area contributed by atoms with E-state index in [1.54, 1.807) is 14.2 Å². The van der Waals surface area contributed by atoms with Gasteiger partial charge in [0.2, 0.25) is 5.88 Å². The molecule has 2 rings (SSSR count). The van der Waals surface area contributed by atoms with Gasteiger partial charge in [-0.05, 0) is 25.1 Å². The fraction of sp³-hybridized carbons (Fsp3) is 0.250. The summed E-state index contributed by atoms with van der Waals surface area (Å²) in [5.74, 6) is 1.35. The van der Waals surface area contributed by atoms with Gasteiger partial charge in [-0.25, -0.2) is 4.98 Å². The Bertz CT molecular complexity index is 540. The molecule has 0 radical (unpaired) electrons. The minimum atomic E-state index is 0.583. The molecular formula is C12H12ClNO2. The first-order chi connectivity index (χ1) is 7.67. The Morgan fingerprint density at radius 2 is 1.88 bits per heavy atom. The standard InChI is InChI=1S/C12H12ClNO2/c1-7-11(13)10-6-8(15-2)4-5-9(10)12(14-7)16-3/h4-6H,1-3H3. The summed E-state index contributed by atoms with van der Waals surface area (Å²) >= 11 is 6.21. The zero-order chi connectivity index (χ0) is 11.7. The number of ether oxygens (including phenoxy) is 2. The monoisotopic (exact) mass is 237 g/mol. The molecule has 0 saturated carbocycles. The highest BCUT2D eigenvalue weighted by atomic mass is 35.5. The third-order valence-electron chi connectivity index (χ3n) is 2.47. The number of pyridine rings is 1. The largest absolute Gasteiger partial charge is 0.497 e. The average molecular weight is 238 g/mol. The van der Waals surface area contributed by atoms with Crippen LogP contribution in [0.3, 0.4) is 0 Å². The van der Waals surface area contributed by atoms with E-state index in [1.165, 1.54) is 0 Å². The molecular weight excluding hydrogens is 226 g/mol. The Kier molecular flexibility index (Phi) is 2.88. The summed E-state index contributed by atoms with van der Waals surface area (Å²) in [5, 5.41) is 2.42. The zero-order valence-electron chi connectivity index (χ0n) is 9.37. The van der Waals surface area contributed by atoms with Crippen LogP contribution in [0, 0.1) is 6.92 Å². The predicted octanol–water partition coefficient (Wildman–Crippen LogP) is 3.21. The van der Waals surface area contributed by atoms with E-state index >= 15 is 0 Å². The lowest BCUT2D eigenvalue weighted by Crippen LogP contribution is -1.94. The zero-order valence-corrected chi connectivity index (χ0v) is 10.1. The number of rotatable bonds is 2. The molecule has 1 heterocycles. The molecule has 0 fully saturated rings. The smallest absolute Gasteiger partial charge is 0.221 e. The number of halogens is 1. The second-order valence-corrected chi connectivity index (χ2v) is 3.81. The molecule has 0 saturated heterocycles. The highest BCUT2D eigenvalue weighted by Crippen LogP contribution is 2.33. The number of aryl methyl sites for hydroxylation is 1. The summed E-state index contributed by atoms with van der Waals surface area (Å²) in [7, 11) is 3.22. The van der Waals surface area contributed by atoms with Crippen LogP contribution in [0.2, 0.25) is 5.02 Å². The number of aromatic nitrogens is 1. The Morgan fingerprint density at radius 1 is 1.12 bits per heavy atom. The van der Waals surface area contributed by atoms with E-state index in [0.717, 1.165) is 22.2 Å². The molecule has 4 heteroatoms. The number of benzene rings is 1. The molecule has 0 spiro atoms. The van der Waals surface area contributed by atoms with E-state index in [9.17, 15) is 0 Å². The Balaban J connectivity index is 2.82. The average Bonchev–Trinajstić information content (AvgIpc) is 2.33. The van der Waals surface area contributed by atoms with Gasteiger partial charge in [0.25, 0.3) is 0 Å². The Hall–Kier alpha value is -1.48. The molecule has 3 nitrogen and oxygen atoms in total. The molecule has 0 bridgehead atoms. The normalized spacial score (nSPS) is 10.5. The minimum Gasteiger partial charge on any atom is -0.497 e. The molecule has 0 aliphatic carbocycles. The van der Waals surface area contributed by atoms with Crippen LogP contribution in [0.15, 0.2) is 18.2 Å². The molecule has 0 aliphatic heterocycles. The van der Waals surface area contributed by atoms with Crippen LogP contribution in [0.25, 0.3) is 10.8 Å². The predicted molar refractivity (Wildman–Crippen MR) is 64.6 cm³/mol. The topological polar surface area (TPSA) is 31.4 Å². The van der Waals surface area contributed by atoms with Crippen molar-refractivity contribution in [1.29, 1.82) is 0 Å². The maximum atomic E-state index is 6.21. The van der Waals surface area contributed by atoms with Crippen molar-refractivity contribution in [3.63, 3.8) is 0 Å². The molecule has 0 amide bonds. The van der Waals surface area contributed by atoms with Crippen molar-refractivity contribution in [3.8, 4) is 11.6 Å². The molecule has 16 heavy (non-hydrogen) atoms. The second-order valence-electron chi connectivity index (χ2n) is 3.43. The molecule has 84 valence electrons. The molecule has 0 unspecified atom stereocenters. The van der Waals surface area contributed by atoms with Gasteiger partial charge in [0.1, 0.15) is 5.75 Å². The van der Waals surface area contributed by atoms with Gasteiger partial charge >= 0.3 is 0 Å². The number of hydrogen-bond donors (Lipinski definition) is 0. The lowest BCUT2D eigenvalue weighted by molar-refractivity contribution is 0.402. The van der Waals surface area contributed by atoms with E-state index < -0.39 is 0 Å². The molecule has 0 aliphatic rings. The maximum absolute atomic E-state index is 6.21. The van der Waals surface area contributed by atoms with Crippen molar-refractivity contribution < 1.29 is 9.47 Å². The van der Waals surface area contributed by atoms with Crippen LogP contribution >= 0.6 is 11.6 Å². The fourth-order valence-electron chi connectivity index (χ4n) is 1.63. The lowest BCUT2D eigenvalue weighted by atomic mass is 10.1. The highest BCUT2D eigenvalue weighted by molar-refractivity contribution is 6.36. The summed E-state index contributed by atoms with van der Waals surface area (Å²) in [6.45, 7) is 1.85. The quantitative estimate of drug-likeness (QED) is 0.804. The van der Waals surface area contributed by atoms with Crippen molar-refractivity contribution in [2.24, 2.45) is 0 Å². The van der Waals surface area contributed by atoms with Gasteiger partial charge in [0.05, 0.1) is 24.9 Å². The maximum Gasteiger partial charge on any atom is 0.221 e. The third kappa shape index (κ3) is 1.67. The summed E-state index contributed by atoms with van der Waals surface area (Å²) in [4.78, 5) is 4.28. The first-order valence-electron chi connectivity index (χ1n) is 4.85.